The van der Waals surface area contributed by atoms with Crippen LogP contribution in [0.25, 0.3) is 11.1 Å². The SMILES string of the molecule is CCCC1CC2(C1)CC(c1ccc(-c3cc(F)c(F)c(F)c3)cc1)C2. The highest BCUT2D eigenvalue weighted by Crippen LogP contribution is 2.64. The molecule has 0 heterocycles. The van der Waals surface area contributed by atoms with Crippen molar-refractivity contribution in [1.29, 1.82) is 0 Å². The second-order valence-electron chi connectivity index (χ2n) is 8.04. The van der Waals surface area contributed by atoms with E-state index in [1.165, 1.54) is 44.1 Å². The molecule has 0 N–H and O–H groups in total. The van der Waals surface area contributed by atoms with E-state index < -0.39 is 17.5 Å². The molecule has 0 atom stereocenters. The summed E-state index contributed by atoms with van der Waals surface area (Å²) in [6.07, 6.45) is 7.98. The van der Waals surface area contributed by atoms with Gasteiger partial charge in [-0.05, 0) is 71.8 Å². The molecule has 2 aromatic rings. The van der Waals surface area contributed by atoms with Gasteiger partial charge in [0, 0.05) is 0 Å². The summed E-state index contributed by atoms with van der Waals surface area (Å²) >= 11 is 0. The van der Waals surface area contributed by atoms with Crippen molar-refractivity contribution in [2.24, 2.45) is 11.3 Å². The smallest absolute Gasteiger partial charge is 0.194 e. The minimum absolute atomic E-state index is 0.370. The zero-order valence-electron chi connectivity index (χ0n) is 14.5. The van der Waals surface area contributed by atoms with Crippen molar-refractivity contribution >= 4 is 0 Å². The molecule has 0 nitrogen and oxygen atoms in total. The molecule has 1 spiro atoms. The first-order valence-electron chi connectivity index (χ1n) is 9.24. The summed E-state index contributed by atoms with van der Waals surface area (Å²) in [6.45, 7) is 2.26. The fourth-order valence-corrected chi connectivity index (χ4v) is 5.00. The van der Waals surface area contributed by atoms with E-state index in [0.29, 0.717) is 22.5 Å². The average Bonchev–Trinajstić information content (AvgIpc) is 2.53. The molecule has 25 heavy (non-hydrogen) atoms. The number of halogens is 3. The largest absolute Gasteiger partial charge is 0.204 e. The van der Waals surface area contributed by atoms with Crippen LogP contribution in [0.1, 0.15) is 56.9 Å². The molecule has 0 amide bonds. The highest BCUT2D eigenvalue weighted by Gasteiger charge is 2.52. The molecule has 3 heteroatoms. The molecular formula is C22H23F3. The molecule has 2 aliphatic carbocycles. The minimum atomic E-state index is -1.41. The van der Waals surface area contributed by atoms with Gasteiger partial charge in [-0.25, -0.2) is 13.2 Å². The molecule has 4 rings (SSSR count). The van der Waals surface area contributed by atoms with Gasteiger partial charge in [-0.15, -0.1) is 0 Å². The van der Waals surface area contributed by atoms with Gasteiger partial charge in [-0.3, -0.25) is 0 Å². The molecule has 2 aliphatic rings. The lowest BCUT2D eigenvalue weighted by atomic mass is 9.47. The van der Waals surface area contributed by atoms with E-state index in [1.807, 2.05) is 24.3 Å². The van der Waals surface area contributed by atoms with E-state index in [2.05, 4.69) is 6.92 Å². The van der Waals surface area contributed by atoms with Gasteiger partial charge >= 0.3 is 0 Å². The molecule has 0 bridgehead atoms. The van der Waals surface area contributed by atoms with Gasteiger partial charge < -0.3 is 0 Å². The quantitative estimate of drug-likeness (QED) is 0.532. The molecule has 0 saturated heterocycles. The Morgan fingerprint density at radius 2 is 1.48 bits per heavy atom. The fraction of sp³-hybridized carbons (Fsp3) is 0.455. The van der Waals surface area contributed by atoms with Crippen LogP contribution in [0.4, 0.5) is 13.2 Å². The molecule has 0 radical (unpaired) electrons. The van der Waals surface area contributed by atoms with Crippen LogP contribution in [-0.4, -0.2) is 0 Å². The monoisotopic (exact) mass is 344 g/mol. The Bertz CT molecular complexity index is 741. The lowest BCUT2D eigenvalue weighted by Crippen LogP contribution is -2.46. The molecule has 2 aromatic carbocycles. The van der Waals surface area contributed by atoms with Gasteiger partial charge in [0.1, 0.15) is 0 Å². The van der Waals surface area contributed by atoms with E-state index in [1.54, 1.807) is 0 Å². The number of hydrogen-bond donors (Lipinski definition) is 0. The van der Waals surface area contributed by atoms with Gasteiger partial charge in [0.05, 0.1) is 0 Å². The minimum Gasteiger partial charge on any atom is -0.204 e. The third kappa shape index (κ3) is 2.98. The van der Waals surface area contributed by atoms with Crippen molar-refractivity contribution in [2.75, 3.05) is 0 Å². The summed E-state index contributed by atoms with van der Waals surface area (Å²) in [4.78, 5) is 0. The highest BCUT2D eigenvalue weighted by molar-refractivity contribution is 5.64. The Morgan fingerprint density at radius 1 is 0.880 bits per heavy atom. The molecule has 0 aromatic heterocycles. The van der Waals surface area contributed by atoms with Gasteiger partial charge in [0.2, 0.25) is 0 Å². The predicted octanol–water partition coefficient (Wildman–Crippen LogP) is 6.84. The highest BCUT2D eigenvalue weighted by atomic mass is 19.2. The number of hydrogen-bond acceptors (Lipinski definition) is 0. The summed E-state index contributed by atoms with van der Waals surface area (Å²) < 4.78 is 39.9. The topological polar surface area (TPSA) is 0 Å². The maximum absolute atomic E-state index is 13.4. The zero-order valence-corrected chi connectivity index (χ0v) is 14.5. The first-order chi connectivity index (χ1) is 12.0. The van der Waals surface area contributed by atoms with Crippen molar-refractivity contribution < 1.29 is 13.2 Å². The molecule has 0 unspecified atom stereocenters. The third-order valence-corrected chi connectivity index (χ3v) is 6.20. The standard InChI is InChI=1S/C22H23F3/c1-2-3-14-10-22(11-14)12-18(13-22)16-6-4-15(5-7-16)17-8-19(23)21(25)20(24)9-17/h4-9,14,18H,2-3,10-13H2,1H3. The normalized spacial score (nSPS) is 27.8. The number of benzene rings is 2. The lowest BCUT2D eigenvalue weighted by Gasteiger charge is -2.58. The lowest BCUT2D eigenvalue weighted by molar-refractivity contribution is -0.0446. The van der Waals surface area contributed by atoms with Crippen LogP contribution in [-0.2, 0) is 0 Å². The van der Waals surface area contributed by atoms with Crippen LogP contribution < -0.4 is 0 Å². The maximum Gasteiger partial charge on any atom is 0.194 e. The molecule has 132 valence electrons. The Labute approximate surface area is 147 Å². The molecule has 2 saturated carbocycles. The summed E-state index contributed by atoms with van der Waals surface area (Å²) in [7, 11) is 0. The Balaban J connectivity index is 1.42. The second kappa shape index (κ2) is 6.19. The second-order valence-corrected chi connectivity index (χ2v) is 8.04. The first kappa shape index (κ1) is 16.7. The van der Waals surface area contributed by atoms with Gasteiger partial charge in [-0.2, -0.15) is 0 Å². The maximum atomic E-state index is 13.4. The van der Waals surface area contributed by atoms with E-state index >= 15 is 0 Å². The molecular weight excluding hydrogens is 321 g/mol. The van der Waals surface area contributed by atoms with Crippen LogP contribution in [0.5, 0.6) is 0 Å². The van der Waals surface area contributed by atoms with Crippen LogP contribution in [0.15, 0.2) is 36.4 Å². The van der Waals surface area contributed by atoms with Gasteiger partial charge in [0.15, 0.2) is 17.5 Å². The first-order valence-corrected chi connectivity index (χ1v) is 9.24. The van der Waals surface area contributed by atoms with E-state index in [9.17, 15) is 13.2 Å². The van der Waals surface area contributed by atoms with Crippen molar-refractivity contribution in [3.63, 3.8) is 0 Å². The van der Waals surface area contributed by atoms with Crippen LogP contribution in [0.3, 0.4) is 0 Å². The molecule has 2 fully saturated rings. The van der Waals surface area contributed by atoms with E-state index in [4.69, 9.17) is 0 Å². The Hall–Kier alpha value is -1.77. The van der Waals surface area contributed by atoms with E-state index in [-0.39, 0.29) is 0 Å². The summed E-state index contributed by atoms with van der Waals surface area (Å²) in [6, 6.07) is 9.96. The molecule has 0 aliphatic heterocycles. The summed E-state index contributed by atoms with van der Waals surface area (Å²) in [5, 5.41) is 0. The zero-order chi connectivity index (χ0) is 17.6. The fourth-order valence-electron chi connectivity index (χ4n) is 5.00. The van der Waals surface area contributed by atoms with Crippen LogP contribution in [0.2, 0.25) is 0 Å². The van der Waals surface area contributed by atoms with Crippen LogP contribution in [0, 0.1) is 28.8 Å². The van der Waals surface area contributed by atoms with Crippen molar-refractivity contribution in [3.05, 3.63) is 59.4 Å². The number of rotatable bonds is 4. The predicted molar refractivity (Wildman–Crippen MR) is 93.8 cm³/mol. The van der Waals surface area contributed by atoms with E-state index in [0.717, 1.165) is 18.1 Å². The van der Waals surface area contributed by atoms with Crippen molar-refractivity contribution in [1.82, 2.24) is 0 Å². The summed E-state index contributed by atoms with van der Waals surface area (Å²) in [5.41, 5.74) is 2.99. The van der Waals surface area contributed by atoms with Crippen LogP contribution >= 0.6 is 0 Å². The average molecular weight is 344 g/mol. The summed E-state index contributed by atoms with van der Waals surface area (Å²) in [5.74, 6) is -2.16. The van der Waals surface area contributed by atoms with Crippen molar-refractivity contribution in [2.45, 2.75) is 51.4 Å². The van der Waals surface area contributed by atoms with Gasteiger partial charge in [-0.1, -0.05) is 44.0 Å². The third-order valence-electron chi connectivity index (χ3n) is 6.20. The van der Waals surface area contributed by atoms with Crippen molar-refractivity contribution in [3.8, 4) is 11.1 Å². The Morgan fingerprint density at radius 3 is 2.04 bits per heavy atom. The van der Waals surface area contributed by atoms with Gasteiger partial charge in [0.25, 0.3) is 0 Å². The Kier molecular flexibility index (Phi) is 4.13.